The largest absolute Gasteiger partial charge is 0.462 e. The molecule has 0 aromatic rings. The van der Waals surface area contributed by atoms with Gasteiger partial charge in [-0.1, -0.05) is 0 Å². The quantitative estimate of drug-likeness (QED) is 0.633. The molecule has 14 heavy (non-hydrogen) atoms. The Morgan fingerprint density at radius 1 is 1.57 bits per heavy atom. The van der Waals surface area contributed by atoms with Crippen molar-refractivity contribution in [2.24, 2.45) is 0 Å². The zero-order valence-electron chi connectivity index (χ0n) is 8.83. The molecule has 1 heterocycles. The number of esters is 2. The Balaban J connectivity index is 2.31. The first kappa shape index (κ1) is 11.0. The van der Waals surface area contributed by atoms with Crippen molar-refractivity contribution < 1.29 is 19.1 Å². The van der Waals surface area contributed by atoms with Gasteiger partial charge in [-0.15, -0.1) is 0 Å². The van der Waals surface area contributed by atoms with Crippen molar-refractivity contribution in [3.05, 3.63) is 0 Å². The zero-order chi connectivity index (χ0) is 10.8. The van der Waals surface area contributed by atoms with E-state index in [1.165, 1.54) is 0 Å². The summed E-state index contributed by atoms with van der Waals surface area (Å²) in [5.74, 6) is -0.532. The second-order valence-electron chi connectivity index (χ2n) is 4.44. The highest BCUT2D eigenvalue weighted by Crippen LogP contribution is 2.18. The summed E-state index contributed by atoms with van der Waals surface area (Å²) in [4.78, 5) is 22.1. The van der Waals surface area contributed by atoms with E-state index in [4.69, 9.17) is 9.47 Å². The molecule has 1 rings (SSSR count). The molecule has 1 aliphatic rings. The van der Waals surface area contributed by atoms with E-state index < -0.39 is 5.60 Å². The summed E-state index contributed by atoms with van der Waals surface area (Å²) >= 11 is 0. The van der Waals surface area contributed by atoms with E-state index in [9.17, 15) is 9.59 Å². The van der Waals surface area contributed by atoms with Crippen molar-refractivity contribution in [3.63, 3.8) is 0 Å². The summed E-state index contributed by atoms with van der Waals surface area (Å²) in [6, 6.07) is 0. The van der Waals surface area contributed by atoms with Crippen LogP contribution < -0.4 is 0 Å². The monoisotopic (exact) mass is 200 g/mol. The van der Waals surface area contributed by atoms with Gasteiger partial charge in [0, 0.05) is 6.42 Å². The first-order valence-corrected chi connectivity index (χ1v) is 4.78. The maximum Gasteiger partial charge on any atom is 0.310 e. The van der Waals surface area contributed by atoms with Crippen molar-refractivity contribution >= 4 is 11.9 Å². The van der Waals surface area contributed by atoms with Gasteiger partial charge < -0.3 is 9.47 Å². The van der Waals surface area contributed by atoms with Gasteiger partial charge in [-0.05, 0) is 27.2 Å². The minimum atomic E-state index is -0.473. The molecular formula is C10H16O4. The molecule has 0 bridgehead atoms. The van der Waals surface area contributed by atoms with Crippen LogP contribution in [0.1, 0.15) is 40.0 Å². The van der Waals surface area contributed by atoms with E-state index in [2.05, 4.69) is 0 Å². The second kappa shape index (κ2) is 3.98. The molecular weight excluding hydrogens is 184 g/mol. The number of carbonyl (C=O) groups excluding carboxylic acids is 2. The van der Waals surface area contributed by atoms with Crippen LogP contribution >= 0.6 is 0 Å². The summed E-state index contributed by atoms with van der Waals surface area (Å²) in [6.45, 7) is 5.43. The van der Waals surface area contributed by atoms with Crippen LogP contribution in [0.15, 0.2) is 0 Å². The minimum Gasteiger partial charge on any atom is -0.462 e. The fourth-order valence-electron chi connectivity index (χ4n) is 1.30. The predicted octanol–water partition coefficient (Wildman–Crippen LogP) is 1.42. The topological polar surface area (TPSA) is 52.6 Å². The zero-order valence-corrected chi connectivity index (χ0v) is 8.83. The summed E-state index contributed by atoms with van der Waals surface area (Å²) in [5.41, 5.74) is -0.473. The number of rotatable bonds is 2. The number of hydrogen-bond acceptors (Lipinski definition) is 4. The average Bonchev–Trinajstić information content (AvgIpc) is 2.30. The van der Waals surface area contributed by atoms with Gasteiger partial charge in [0.25, 0.3) is 0 Å². The van der Waals surface area contributed by atoms with Crippen LogP contribution in [0.25, 0.3) is 0 Å². The molecule has 0 aromatic carbocycles. The highest BCUT2D eigenvalue weighted by Gasteiger charge is 2.27. The molecule has 1 saturated heterocycles. The van der Waals surface area contributed by atoms with Gasteiger partial charge >= 0.3 is 11.9 Å². The molecule has 0 radical (unpaired) electrons. The number of hydrogen-bond donors (Lipinski definition) is 0. The Labute approximate surface area is 83.6 Å². The van der Waals surface area contributed by atoms with E-state index in [0.29, 0.717) is 12.8 Å². The fourth-order valence-corrected chi connectivity index (χ4v) is 1.30. The van der Waals surface area contributed by atoms with Crippen LogP contribution in [0.3, 0.4) is 0 Å². The van der Waals surface area contributed by atoms with E-state index in [1.807, 2.05) is 20.8 Å². The lowest BCUT2D eigenvalue weighted by atomic mass is 10.1. The molecule has 1 fully saturated rings. The minimum absolute atomic E-state index is 0.170. The van der Waals surface area contributed by atoms with Gasteiger partial charge in [0.05, 0.1) is 6.42 Å². The van der Waals surface area contributed by atoms with Crippen LogP contribution in [0.2, 0.25) is 0 Å². The summed E-state index contributed by atoms with van der Waals surface area (Å²) in [5, 5.41) is 0. The van der Waals surface area contributed by atoms with Gasteiger partial charge in [0.1, 0.15) is 11.7 Å². The average molecular weight is 200 g/mol. The van der Waals surface area contributed by atoms with Crippen molar-refractivity contribution in [3.8, 4) is 0 Å². The lowest BCUT2D eigenvalue weighted by molar-refractivity contribution is -0.158. The van der Waals surface area contributed by atoms with Crippen molar-refractivity contribution in [1.82, 2.24) is 0 Å². The Kier molecular flexibility index (Phi) is 3.13. The lowest BCUT2D eigenvalue weighted by Crippen LogP contribution is -2.26. The fraction of sp³-hybridized carbons (Fsp3) is 0.800. The molecule has 0 N–H and O–H groups in total. The smallest absolute Gasteiger partial charge is 0.310 e. The van der Waals surface area contributed by atoms with Crippen LogP contribution in [0.4, 0.5) is 0 Å². The summed E-state index contributed by atoms with van der Waals surface area (Å²) in [6.07, 6.45) is 0.923. The van der Waals surface area contributed by atoms with Crippen LogP contribution in [0.5, 0.6) is 0 Å². The van der Waals surface area contributed by atoms with E-state index in [1.54, 1.807) is 0 Å². The molecule has 1 aliphatic heterocycles. The van der Waals surface area contributed by atoms with E-state index in [0.717, 1.165) is 0 Å². The Hall–Kier alpha value is -1.06. The Morgan fingerprint density at radius 3 is 2.64 bits per heavy atom. The molecule has 80 valence electrons. The van der Waals surface area contributed by atoms with Gasteiger partial charge in [-0.2, -0.15) is 0 Å². The Bertz CT molecular complexity index is 239. The van der Waals surface area contributed by atoms with Gasteiger partial charge in [0.15, 0.2) is 0 Å². The summed E-state index contributed by atoms with van der Waals surface area (Å²) in [7, 11) is 0. The maximum atomic E-state index is 11.3. The van der Waals surface area contributed by atoms with E-state index >= 15 is 0 Å². The van der Waals surface area contributed by atoms with E-state index in [-0.39, 0.29) is 24.5 Å². The molecule has 0 aliphatic carbocycles. The van der Waals surface area contributed by atoms with Crippen LogP contribution in [-0.2, 0) is 19.1 Å². The number of ether oxygens (including phenoxy) is 2. The third kappa shape index (κ3) is 3.77. The van der Waals surface area contributed by atoms with Crippen LogP contribution in [0, 0.1) is 0 Å². The van der Waals surface area contributed by atoms with Crippen LogP contribution in [-0.4, -0.2) is 23.6 Å². The standard InChI is InChI=1S/C10H16O4/c1-10(2,3)14-9(12)6-7-4-5-8(11)13-7/h7H,4-6H2,1-3H3/t7-/m0/s1. The first-order valence-electron chi connectivity index (χ1n) is 4.78. The van der Waals surface area contributed by atoms with Crippen molar-refractivity contribution in [1.29, 1.82) is 0 Å². The maximum absolute atomic E-state index is 11.3. The molecule has 0 aromatic heterocycles. The molecule has 0 unspecified atom stereocenters. The highest BCUT2D eigenvalue weighted by molar-refractivity contribution is 5.74. The lowest BCUT2D eigenvalue weighted by Gasteiger charge is -2.20. The van der Waals surface area contributed by atoms with Crippen molar-refractivity contribution in [2.75, 3.05) is 0 Å². The van der Waals surface area contributed by atoms with Gasteiger partial charge in [0.2, 0.25) is 0 Å². The summed E-state index contributed by atoms with van der Waals surface area (Å²) < 4.78 is 10.0. The SMILES string of the molecule is CC(C)(C)OC(=O)C[C@@H]1CCC(=O)O1. The predicted molar refractivity (Wildman–Crippen MR) is 49.6 cm³/mol. The third-order valence-electron chi connectivity index (χ3n) is 1.78. The molecule has 0 amide bonds. The van der Waals surface area contributed by atoms with Crippen molar-refractivity contribution in [2.45, 2.75) is 51.7 Å². The molecule has 0 saturated carbocycles. The molecule has 4 heteroatoms. The number of carbonyl (C=O) groups is 2. The normalized spacial score (nSPS) is 21.9. The second-order valence-corrected chi connectivity index (χ2v) is 4.44. The third-order valence-corrected chi connectivity index (χ3v) is 1.78. The van der Waals surface area contributed by atoms with Gasteiger partial charge in [-0.25, -0.2) is 0 Å². The molecule has 1 atom stereocenters. The Morgan fingerprint density at radius 2 is 2.21 bits per heavy atom. The first-order chi connectivity index (χ1) is 6.37. The molecule has 0 spiro atoms. The van der Waals surface area contributed by atoms with Gasteiger partial charge in [-0.3, -0.25) is 9.59 Å². The highest BCUT2D eigenvalue weighted by atomic mass is 16.6. The number of cyclic esters (lactones) is 1. The molecule has 4 nitrogen and oxygen atoms in total.